The van der Waals surface area contributed by atoms with Gasteiger partial charge in [0.05, 0.1) is 11.3 Å². The van der Waals surface area contributed by atoms with Crippen molar-refractivity contribution in [2.24, 2.45) is 5.73 Å². The van der Waals surface area contributed by atoms with Crippen LogP contribution in [0.2, 0.25) is 0 Å². The van der Waals surface area contributed by atoms with E-state index in [2.05, 4.69) is 4.90 Å². The van der Waals surface area contributed by atoms with Gasteiger partial charge in [-0.2, -0.15) is 4.31 Å². The lowest BCUT2D eigenvalue weighted by Crippen LogP contribution is -2.37. The summed E-state index contributed by atoms with van der Waals surface area (Å²) in [5, 5.41) is 0. The fraction of sp³-hybridized carbons (Fsp3) is 0.417. The Kier molecular flexibility index (Phi) is 6.99. The van der Waals surface area contributed by atoms with Crippen molar-refractivity contribution in [3.63, 3.8) is 0 Å². The summed E-state index contributed by atoms with van der Waals surface area (Å²) in [5.41, 5.74) is 6.28. The number of sulfonamides is 1. The molecule has 0 unspecified atom stereocenters. The number of benzene rings is 2. The molecule has 0 spiro atoms. The molecule has 0 aliphatic carbocycles. The van der Waals surface area contributed by atoms with E-state index in [1.165, 1.54) is 28.6 Å². The largest absolute Gasteiger partial charge is 0.423 e. The van der Waals surface area contributed by atoms with E-state index < -0.39 is 21.9 Å². The third kappa shape index (κ3) is 5.20. The van der Waals surface area contributed by atoms with E-state index >= 15 is 0 Å². The molecule has 0 saturated carbocycles. The first-order valence-electron chi connectivity index (χ1n) is 11.4. The van der Waals surface area contributed by atoms with Gasteiger partial charge in [0.2, 0.25) is 15.9 Å². The van der Waals surface area contributed by atoms with E-state index in [-0.39, 0.29) is 21.8 Å². The first-order valence-corrected chi connectivity index (χ1v) is 12.8. The number of nitrogens with zero attached hydrogens (tertiary/aromatic N) is 2. The predicted molar refractivity (Wildman–Crippen MR) is 125 cm³/mol. The number of anilines is 1. The molecule has 4 rings (SSSR count). The molecule has 2 aliphatic heterocycles. The van der Waals surface area contributed by atoms with Crippen LogP contribution in [0.4, 0.5) is 5.69 Å². The van der Waals surface area contributed by atoms with Crippen molar-refractivity contribution in [1.29, 1.82) is 0 Å². The molecule has 2 aromatic rings. The summed E-state index contributed by atoms with van der Waals surface area (Å²) >= 11 is 0. The maximum absolute atomic E-state index is 13.6. The topological polar surface area (TPSA) is 110 Å². The number of piperidine rings is 2. The number of esters is 1. The van der Waals surface area contributed by atoms with Crippen LogP contribution in [0.1, 0.15) is 59.2 Å². The van der Waals surface area contributed by atoms with Crippen molar-refractivity contribution >= 4 is 27.6 Å². The highest BCUT2D eigenvalue weighted by molar-refractivity contribution is 7.89. The Morgan fingerprint density at radius 1 is 0.818 bits per heavy atom. The molecule has 2 saturated heterocycles. The third-order valence-electron chi connectivity index (χ3n) is 6.15. The summed E-state index contributed by atoms with van der Waals surface area (Å²) in [6, 6.07) is 10.7. The Hall–Kier alpha value is -2.91. The molecule has 0 radical (unpaired) electrons. The molecule has 2 fully saturated rings. The number of nitrogens with two attached hydrogens (primary N) is 1. The first-order chi connectivity index (χ1) is 15.9. The Bertz CT molecular complexity index is 1140. The second kappa shape index (κ2) is 9.93. The minimum atomic E-state index is -3.77. The average Bonchev–Trinajstić information content (AvgIpc) is 2.85. The van der Waals surface area contributed by atoms with Crippen molar-refractivity contribution in [3.8, 4) is 5.75 Å². The summed E-state index contributed by atoms with van der Waals surface area (Å²) in [6.45, 7) is 2.53. The number of carbonyl (C=O) groups is 2. The van der Waals surface area contributed by atoms with Gasteiger partial charge in [-0.3, -0.25) is 4.79 Å². The van der Waals surface area contributed by atoms with Crippen LogP contribution in [0.15, 0.2) is 47.4 Å². The maximum atomic E-state index is 13.6. The molecule has 0 aromatic heterocycles. The van der Waals surface area contributed by atoms with E-state index in [1.54, 1.807) is 18.2 Å². The van der Waals surface area contributed by atoms with Gasteiger partial charge in [-0.1, -0.05) is 12.5 Å². The Morgan fingerprint density at radius 2 is 1.48 bits per heavy atom. The highest BCUT2D eigenvalue weighted by atomic mass is 32.2. The molecule has 0 bridgehead atoms. The minimum absolute atomic E-state index is 0.135. The van der Waals surface area contributed by atoms with E-state index in [0.717, 1.165) is 51.6 Å². The van der Waals surface area contributed by atoms with Crippen molar-refractivity contribution in [1.82, 2.24) is 4.31 Å². The number of primary amides is 1. The monoisotopic (exact) mass is 471 g/mol. The van der Waals surface area contributed by atoms with Crippen molar-refractivity contribution in [2.45, 2.75) is 43.4 Å². The van der Waals surface area contributed by atoms with Crippen molar-refractivity contribution in [2.75, 3.05) is 31.1 Å². The zero-order valence-corrected chi connectivity index (χ0v) is 19.4. The summed E-state index contributed by atoms with van der Waals surface area (Å²) < 4.78 is 34.1. The molecule has 2 N–H and O–H groups in total. The molecule has 33 heavy (non-hydrogen) atoms. The Balaban J connectivity index is 1.68. The number of ether oxygens (including phenoxy) is 1. The lowest BCUT2D eigenvalue weighted by molar-refractivity contribution is 0.0733. The molecular weight excluding hydrogens is 442 g/mol. The van der Waals surface area contributed by atoms with Crippen LogP contribution in [0.5, 0.6) is 5.75 Å². The third-order valence-corrected chi connectivity index (χ3v) is 8.08. The Labute approximate surface area is 194 Å². The van der Waals surface area contributed by atoms with Gasteiger partial charge < -0.3 is 15.4 Å². The summed E-state index contributed by atoms with van der Waals surface area (Å²) in [7, 11) is -3.77. The van der Waals surface area contributed by atoms with E-state index in [1.807, 2.05) is 0 Å². The number of rotatable bonds is 6. The minimum Gasteiger partial charge on any atom is -0.423 e. The summed E-state index contributed by atoms with van der Waals surface area (Å²) in [5.74, 6) is -1.16. The number of hydrogen-bond donors (Lipinski definition) is 1. The van der Waals surface area contributed by atoms with Crippen LogP contribution in [0, 0.1) is 0 Å². The molecular formula is C24H29N3O5S. The molecule has 176 valence electrons. The molecule has 1 amide bonds. The fourth-order valence-corrected chi connectivity index (χ4v) is 6.12. The molecule has 2 heterocycles. The van der Waals surface area contributed by atoms with Gasteiger partial charge in [0.25, 0.3) is 0 Å². The Morgan fingerprint density at radius 3 is 2.15 bits per heavy atom. The highest BCUT2D eigenvalue weighted by Gasteiger charge is 2.31. The average molecular weight is 472 g/mol. The predicted octanol–water partition coefficient (Wildman–Crippen LogP) is 3.17. The molecule has 8 nitrogen and oxygen atoms in total. The van der Waals surface area contributed by atoms with Gasteiger partial charge in [-0.15, -0.1) is 0 Å². The normalized spacial score (nSPS) is 17.5. The van der Waals surface area contributed by atoms with E-state index in [0.29, 0.717) is 18.8 Å². The molecule has 9 heteroatoms. The van der Waals surface area contributed by atoms with Crippen LogP contribution in [-0.2, 0) is 10.0 Å². The van der Waals surface area contributed by atoms with Gasteiger partial charge in [0.15, 0.2) is 0 Å². The van der Waals surface area contributed by atoms with Crippen LogP contribution in [-0.4, -0.2) is 50.8 Å². The smallest absolute Gasteiger partial charge is 0.343 e. The van der Waals surface area contributed by atoms with Gasteiger partial charge in [-0.05, 0) is 68.5 Å². The maximum Gasteiger partial charge on any atom is 0.343 e. The van der Waals surface area contributed by atoms with Gasteiger partial charge in [0, 0.05) is 31.7 Å². The van der Waals surface area contributed by atoms with Crippen molar-refractivity contribution in [3.05, 3.63) is 53.6 Å². The second-order valence-electron chi connectivity index (χ2n) is 8.48. The van der Waals surface area contributed by atoms with Gasteiger partial charge in [-0.25, -0.2) is 13.2 Å². The standard InChI is InChI=1S/C24H29N3O5S/c25-23(28)18-8-7-9-20(16-18)32-24(29)19-10-11-21(26-12-3-1-4-13-26)22(17-19)33(30,31)27-14-5-2-6-15-27/h7-11,16-17H,1-6,12-15H2,(H2,25,28). The quantitative estimate of drug-likeness (QED) is 0.512. The van der Waals surface area contributed by atoms with Crippen LogP contribution >= 0.6 is 0 Å². The summed E-state index contributed by atoms with van der Waals surface area (Å²) in [6.07, 6.45) is 5.81. The molecule has 0 atom stereocenters. The van der Waals surface area contributed by atoms with Crippen molar-refractivity contribution < 1.29 is 22.7 Å². The highest BCUT2D eigenvalue weighted by Crippen LogP contribution is 2.32. The van der Waals surface area contributed by atoms with E-state index in [9.17, 15) is 18.0 Å². The number of hydrogen-bond acceptors (Lipinski definition) is 6. The first kappa shape index (κ1) is 23.3. The SMILES string of the molecule is NC(=O)c1cccc(OC(=O)c2ccc(N3CCCCC3)c(S(=O)(=O)N3CCCCC3)c2)c1. The number of carbonyl (C=O) groups excluding carboxylic acids is 2. The van der Waals surface area contributed by atoms with Gasteiger partial charge in [0.1, 0.15) is 10.6 Å². The second-order valence-corrected chi connectivity index (χ2v) is 10.4. The number of amides is 1. The zero-order chi connectivity index (χ0) is 23.4. The van der Waals surface area contributed by atoms with Gasteiger partial charge >= 0.3 is 5.97 Å². The van der Waals surface area contributed by atoms with Crippen LogP contribution in [0.3, 0.4) is 0 Å². The zero-order valence-electron chi connectivity index (χ0n) is 18.5. The van der Waals surface area contributed by atoms with E-state index in [4.69, 9.17) is 10.5 Å². The van der Waals surface area contributed by atoms with Crippen LogP contribution in [0.25, 0.3) is 0 Å². The summed E-state index contributed by atoms with van der Waals surface area (Å²) in [4.78, 5) is 26.5. The molecule has 2 aliphatic rings. The fourth-order valence-electron chi connectivity index (χ4n) is 4.37. The lowest BCUT2D eigenvalue weighted by atomic mass is 10.1. The van der Waals surface area contributed by atoms with Crippen LogP contribution < -0.4 is 15.4 Å². The molecule has 2 aromatic carbocycles. The lowest BCUT2D eigenvalue weighted by Gasteiger charge is -2.33.